The van der Waals surface area contributed by atoms with E-state index in [9.17, 15) is 10.1 Å². The average molecular weight is 214 g/mol. The highest BCUT2D eigenvalue weighted by Gasteiger charge is 2.12. The van der Waals surface area contributed by atoms with E-state index in [1.165, 1.54) is 17.4 Å². The maximum absolute atomic E-state index is 10.4. The normalized spacial score (nSPS) is 12.9. The lowest BCUT2D eigenvalue weighted by atomic mass is 10.1. The van der Waals surface area contributed by atoms with Crippen molar-refractivity contribution in [3.63, 3.8) is 0 Å². The number of thiophene rings is 1. The quantitative estimate of drug-likeness (QED) is 0.619. The van der Waals surface area contributed by atoms with E-state index in [0.29, 0.717) is 12.0 Å². The summed E-state index contributed by atoms with van der Waals surface area (Å²) in [6.07, 6.45) is 0. The first-order valence-corrected chi connectivity index (χ1v) is 5.33. The molecule has 0 aliphatic rings. The van der Waals surface area contributed by atoms with Gasteiger partial charge in [-0.3, -0.25) is 10.1 Å². The SMILES string of the molecule is CC(C)C(C)Nc1ccc([N+](=O)[O-])s1. The maximum atomic E-state index is 10.4. The predicted molar refractivity (Wildman–Crippen MR) is 58.9 cm³/mol. The van der Waals surface area contributed by atoms with Gasteiger partial charge in [-0.05, 0) is 30.2 Å². The zero-order valence-corrected chi connectivity index (χ0v) is 9.30. The van der Waals surface area contributed by atoms with Crippen LogP contribution in [-0.2, 0) is 0 Å². The molecule has 78 valence electrons. The van der Waals surface area contributed by atoms with Crippen LogP contribution in [0.25, 0.3) is 0 Å². The van der Waals surface area contributed by atoms with Crippen molar-refractivity contribution < 1.29 is 4.92 Å². The molecule has 1 aromatic rings. The number of anilines is 1. The summed E-state index contributed by atoms with van der Waals surface area (Å²) in [5, 5.41) is 14.7. The Kier molecular flexibility index (Phi) is 3.46. The van der Waals surface area contributed by atoms with Crippen molar-refractivity contribution in [2.24, 2.45) is 5.92 Å². The van der Waals surface area contributed by atoms with Gasteiger partial charge in [-0.25, -0.2) is 0 Å². The molecule has 1 aromatic heterocycles. The van der Waals surface area contributed by atoms with Gasteiger partial charge in [0, 0.05) is 12.1 Å². The zero-order valence-electron chi connectivity index (χ0n) is 8.48. The summed E-state index contributed by atoms with van der Waals surface area (Å²) < 4.78 is 0. The molecule has 1 rings (SSSR count). The molecule has 1 N–H and O–H groups in total. The number of hydrogen-bond acceptors (Lipinski definition) is 4. The smallest absolute Gasteiger partial charge is 0.326 e. The van der Waals surface area contributed by atoms with Crippen LogP contribution in [0.1, 0.15) is 20.8 Å². The number of hydrogen-bond donors (Lipinski definition) is 1. The van der Waals surface area contributed by atoms with Crippen LogP contribution in [0.2, 0.25) is 0 Å². The minimum Gasteiger partial charge on any atom is -0.374 e. The van der Waals surface area contributed by atoms with E-state index >= 15 is 0 Å². The van der Waals surface area contributed by atoms with Gasteiger partial charge in [0.1, 0.15) is 0 Å². The van der Waals surface area contributed by atoms with Gasteiger partial charge in [-0.2, -0.15) is 0 Å². The van der Waals surface area contributed by atoms with Crippen LogP contribution < -0.4 is 5.32 Å². The minimum absolute atomic E-state index is 0.184. The second-order valence-corrected chi connectivity index (χ2v) is 4.63. The van der Waals surface area contributed by atoms with Crippen LogP contribution in [0.3, 0.4) is 0 Å². The first kappa shape index (κ1) is 11.0. The van der Waals surface area contributed by atoms with Crippen molar-refractivity contribution in [3.8, 4) is 0 Å². The fourth-order valence-electron chi connectivity index (χ4n) is 0.894. The Hall–Kier alpha value is -1.10. The predicted octanol–water partition coefficient (Wildman–Crippen LogP) is 3.11. The minimum atomic E-state index is -0.365. The number of nitrogens with zero attached hydrogens (tertiary/aromatic N) is 1. The highest BCUT2D eigenvalue weighted by molar-refractivity contribution is 7.19. The maximum Gasteiger partial charge on any atom is 0.326 e. The molecule has 0 saturated carbocycles. The van der Waals surface area contributed by atoms with Gasteiger partial charge in [0.25, 0.3) is 0 Å². The molecule has 0 aromatic carbocycles. The Morgan fingerprint density at radius 1 is 1.43 bits per heavy atom. The van der Waals surface area contributed by atoms with E-state index in [1.54, 1.807) is 6.07 Å². The van der Waals surface area contributed by atoms with Gasteiger partial charge in [0.15, 0.2) is 0 Å². The van der Waals surface area contributed by atoms with Crippen LogP contribution >= 0.6 is 11.3 Å². The van der Waals surface area contributed by atoms with Crippen molar-refractivity contribution in [3.05, 3.63) is 22.2 Å². The number of nitro groups is 1. The summed E-state index contributed by atoms with van der Waals surface area (Å²) in [5.74, 6) is 0.510. The third-order valence-corrected chi connectivity index (χ3v) is 3.11. The lowest BCUT2D eigenvalue weighted by Crippen LogP contribution is -2.20. The first-order valence-electron chi connectivity index (χ1n) is 4.51. The Balaban J connectivity index is 2.64. The molecule has 0 spiro atoms. The highest BCUT2D eigenvalue weighted by atomic mass is 32.1. The molecule has 1 unspecified atom stereocenters. The molecule has 0 bridgehead atoms. The Labute approximate surface area is 87.1 Å². The van der Waals surface area contributed by atoms with E-state index in [4.69, 9.17) is 0 Å². The third-order valence-electron chi connectivity index (χ3n) is 2.14. The van der Waals surface area contributed by atoms with Gasteiger partial charge in [-0.15, -0.1) is 0 Å². The van der Waals surface area contributed by atoms with Crippen LogP contribution in [0.5, 0.6) is 0 Å². The molecule has 0 radical (unpaired) electrons. The molecule has 5 heteroatoms. The summed E-state index contributed by atoms with van der Waals surface area (Å²) in [4.78, 5) is 10.1. The first-order chi connectivity index (χ1) is 6.50. The van der Waals surface area contributed by atoms with E-state index < -0.39 is 0 Å². The largest absolute Gasteiger partial charge is 0.374 e. The van der Waals surface area contributed by atoms with Crippen LogP contribution in [0, 0.1) is 16.0 Å². The van der Waals surface area contributed by atoms with E-state index in [1.807, 2.05) is 0 Å². The van der Waals surface area contributed by atoms with Crippen LogP contribution in [0.4, 0.5) is 10.0 Å². The van der Waals surface area contributed by atoms with Crippen molar-refractivity contribution in [1.82, 2.24) is 0 Å². The van der Waals surface area contributed by atoms with E-state index in [-0.39, 0.29) is 9.92 Å². The van der Waals surface area contributed by atoms with Crippen molar-refractivity contribution >= 4 is 21.3 Å². The van der Waals surface area contributed by atoms with Gasteiger partial charge in [0.05, 0.1) is 9.92 Å². The Bertz CT molecular complexity index is 322. The fraction of sp³-hybridized carbons (Fsp3) is 0.556. The van der Waals surface area contributed by atoms with Gasteiger partial charge < -0.3 is 5.32 Å². The van der Waals surface area contributed by atoms with E-state index in [2.05, 4.69) is 26.1 Å². The molecule has 0 amide bonds. The molecule has 0 fully saturated rings. The molecular weight excluding hydrogens is 200 g/mol. The standard InChI is InChI=1S/C9H14N2O2S/c1-6(2)7(3)10-8-4-5-9(14-8)11(12)13/h4-7,10H,1-3H3. The molecule has 1 atom stereocenters. The number of nitrogens with one attached hydrogen (secondary N) is 1. The van der Waals surface area contributed by atoms with Crippen molar-refractivity contribution in [1.29, 1.82) is 0 Å². The van der Waals surface area contributed by atoms with Crippen LogP contribution in [-0.4, -0.2) is 11.0 Å². The van der Waals surface area contributed by atoms with Gasteiger partial charge in [0.2, 0.25) is 0 Å². The Morgan fingerprint density at radius 2 is 2.07 bits per heavy atom. The summed E-state index contributed by atoms with van der Waals surface area (Å²) in [6, 6.07) is 3.61. The molecule has 0 aliphatic carbocycles. The molecule has 0 aliphatic heterocycles. The lowest BCUT2D eigenvalue weighted by molar-refractivity contribution is -0.380. The molecule has 0 saturated heterocycles. The van der Waals surface area contributed by atoms with Gasteiger partial charge >= 0.3 is 5.00 Å². The van der Waals surface area contributed by atoms with Crippen molar-refractivity contribution in [2.45, 2.75) is 26.8 Å². The monoisotopic (exact) mass is 214 g/mol. The average Bonchev–Trinajstić information content (AvgIpc) is 2.52. The van der Waals surface area contributed by atoms with Crippen LogP contribution in [0.15, 0.2) is 12.1 Å². The molecule has 14 heavy (non-hydrogen) atoms. The lowest BCUT2D eigenvalue weighted by Gasteiger charge is -2.16. The summed E-state index contributed by atoms with van der Waals surface area (Å²) in [7, 11) is 0. The highest BCUT2D eigenvalue weighted by Crippen LogP contribution is 2.29. The summed E-state index contributed by atoms with van der Waals surface area (Å²) in [6.45, 7) is 6.29. The molecule has 4 nitrogen and oxygen atoms in total. The Morgan fingerprint density at radius 3 is 2.50 bits per heavy atom. The topological polar surface area (TPSA) is 55.2 Å². The molecular formula is C9H14N2O2S. The second-order valence-electron chi connectivity index (χ2n) is 3.57. The fourth-order valence-corrected chi connectivity index (χ4v) is 1.71. The van der Waals surface area contributed by atoms with E-state index in [0.717, 1.165) is 5.00 Å². The molecule has 1 heterocycles. The summed E-state index contributed by atoms with van der Waals surface area (Å²) in [5.41, 5.74) is 0. The second kappa shape index (κ2) is 4.41. The zero-order chi connectivity index (χ0) is 10.7. The number of rotatable bonds is 4. The van der Waals surface area contributed by atoms with Crippen molar-refractivity contribution in [2.75, 3.05) is 5.32 Å². The van der Waals surface area contributed by atoms with Gasteiger partial charge in [-0.1, -0.05) is 13.8 Å². The summed E-state index contributed by atoms with van der Waals surface area (Å²) >= 11 is 1.18. The third kappa shape index (κ3) is 2.70.